The van der Waals surface area contributed by atoms with Gasteiger partial charge in [-0.3, -0.25) is 4.79 Å². The number of primary amides is 1. The molecule has 5 heteroatoms. The van der Waals surface area contributed by atoms with Gasteiger partial charge in [0.2, 0.25) is 5.91 Å². The van der Waals surface area contributed by atoms with Crippen molar-refractivity contribution in [1.82, 2.24) is 4.90 Å². The van der Waals surface area contributed by atoms with E-state index >= 15 is 0 Å². The Hall–Kier alpha value is -1.59. The van der Waals surface area contributed by atoms with E-state index in [4.69, 9.17) is 16.2 Å². The van der Waals surface area contributed by atoms with Gasteiger partial charge in [-0.15, -0.1) is 0 Å². The van der Waals surface area contributed by atoms with Crippen molar-refractivity contribution in [3.05, 3.63) is 29.3 Å². The second-order valence-corrected chi connectivity index (χ2v) is 5.53. The number of nitrogens with two attached hydrogens (primary N) is 2. The van der Waals surface area contributed by atoms with Crippen molar-refractivity contribution in [1.29, 1.82) is 0 Å². The molecule has 5 nitrogen and oxygen atoms in total. The van der Waals surface area contributed by atoms with E-state index in [9.17, 15) is 4.79 Å². The van der Waals surface area contributed by atoms with E-state index in [1.807, 2.05) is 6.07 Å². The summed E-state index contributed by atoms with van der Waals surface area (Å²) in [7, 11) is 2.09. The lowest BCUT2D eigenvalue weighted by molar-refractivity contribution is 0.0550. The standard InChI is InChI=1S/C15H23N3O2/c1-18(9-11-4-6-20-7-5-11)10-13-3-2-12(15(17)19)8-14(13)16/h2-3,8,11H,4-7,9-10,16H2,1H3,(H2,17,19). The minimum Gasteiger partial charge on any atom is -0.398 e. The minimum absolute atomic E-state index is 0.446. The Bertz CT molecular complexity index is 470. The topological polar surface area (TPSA) is 81.6 Å². The summed E-state index contributed by atoms with van der Waals surface area (Å²) in [5.74, 6) is 0.249. The average molecular weight is 277 g/mol. The summed E-state index contributed by atoms with van der Waals surface area (Å²) >= 11 is 0. The first-order valence-electron chi connectivity index (χ1n) is 7.00. The fourth-order valence-corrected chi connectivity index (χ4v) is 2.62. The molecule has 1 fully saturated rings. The third-order valence-corrected chi connectivity index (χ3v) is 3.78. The van der Waals surface area contributed by atoms with Crippen molar-refractivity contribution < 1.29 is 9.53 Å². The fourth-order valence-electron chi connectivity index (χ4n) is 2.62. The number of nitrogens with zero attached hydrogens (tertiary/aromatic N) is 1. The SMILES string of the molecule is CN(Cc1ccc(C(N)=O)cc1N)CC1CCOCC1. The highest BCUT2D eigenvalue weighted by molar-refractivity contribution is 5.93. The Kier molecular flexibility index (Phi) is 4.98. The van der Waals surface area contributed by atoms with Crippen molar-refractivity contribution in [2.75, 3.05) is 32.5 Å². The van der Waals surface area contributed by atoms with Crippen molar-refractivity contribution in [3.63, 3.8) is 0 Å². The fraction of sp³-hybridized carbons (Fsp3) is 0.533. The van der Waals surface area contributed by atoms with Crippen LogP contribution in [0.4, 0.5) is 5.69 Å². The van der Waals surface area contributed by atoms with Crippen molar-refractivity contribution in [2.45, 2.75) is 19.4 Å². The number of hydrogen-bond donors (Lipinski definition) is 2. The second kappa shape index (κ2) is 6.72. The second-order valence-electron chi connectivity index (χ2n) is 5.53. The van der Waals surface area contributed by atoms with Crippen LogP contribution in [-0.2, 0) is 11.3 Å². The molecule has 0 bridgehead atoms. The van der Waals surface area contributed by atoms with Crippen molar-refractivity contribution in [2.24, 2.45) is 11.7 Å². The number of carbonyl (C=O) groups excluding carboxylic acids is 1. The molecule has 1 saturated heterocycles. The van der Waals surface area contributed by atoms with Crippen LogP contribution < -0.4 is 11.5 Å². The number of amides is 1. The van der Waals surface area contributed by atoms with E-state index in [-0.39, 0.29) is 0 Å². The summed E-state index contributed by atoms with van der Waals surface area (Å²) in [6.45, 7) is 3.56. The Morgan fingerprint density at radius 1 is 1.40 bits per heavy atom. The van der Waals surface area contributed by atoms with Gasteiger partial charge >= 0.3 is 0 Å². The number of nitrogen functional groups attached to an aromatic ring is 1. The molecular weight excluding hydrogens is 254 g/mol. The molecule has 1 aromatic carbocycles. The van der Waals surface area contributed by atoms with E-state index in [0.717, 1.165) is 44.7 Å². The van der Waals surface area contributed by atoms with Gasteiger partial charge in [-0.25, -0.2) is 0 Å². The molecule has 0 spiro atoms. The van der Waals surface area contributed by atoms with Crippen molar-refractivity contribution >= 4 is 11.6 Å². The van der Waals surface area contributed by atoms with Gasteiger partial charge in [-0.05, 0) is 43.5 Å². The zero-order valence-electron chi connectivity index (χ0n) is 12.0. The van der Waals surface area contributed by atoms with Gasteiger partial charge in [0.15, 0.2) is 0 Å². The first-order chi connectivity index (χ1) is 9.56. The van der Waals surface area contributed by atoms with Crippen LogP contribution in [0.15, 0.2) is 18.2 Å². The number of carbonyl (C=O) groups is 1. The molecule has 0 unspecified atom stereocenters. The zero-order valence-corrected chi connectivity index (χ0v) is 12.0. The van der Waals surface area contributed by atoms with Crippen molar-refractivity contribution in [3.8, 4) is 0 Å². The summed E-state index contributed by atoms with van der Waals surface area (Å²) in [6, 6.07) is 5.27. The Labute approximate surface area is 119 Å². The minimum atomic E-state index is -0.446. The van der Waals surface area contributed by atoms with Crippen LogP contribution in [0.3, 0.4) is 0 Å². The first kappa shape index (κ1) is 14.8. The normalized spacial score (nSPS) is 16.5. The number of benzene rings is 1. The van der Waals surface area contributed by atoms with E-state index in [0.29, 0.717) is 17.2 Å². The van der Waals surface area contributed by atoms with Crippen LogP contribution >= 0.6 is 0 Å². The number of hydrogen-bond acceptors (Lipinski definition) is 4. The molecule has 1 aliphatic heterocycles. The number of anilines is 1. The molecule has 4 N–H and O–H groups in total. The predicted molar refractivity (Wildman–Crippen MR) is 79.2 cm³/mol. The quantitative estimate of drug-likeness (QED) is 0.793. The van der Waals surface area contributed by atoms with Crippen LogP contribution in [0.5, 0.6) is 0 Å². The summed E-state index contributed by atoms with van der Waals surface area (Å²) in [6.07, 6.45) is 2.25. The Morgan fingerprint density at radius 3 is 2.70 bits per heavy atom. The molecule has 0 atom stereocenters. The first-order valence-corrected chi connectivity index (χ1v) is 7.00. The Morgan fingerprint density at radius 2 is 2.10 bits per heavy atom. The van der Waals surface area contributed by atoms with Crippen LogP contribution in [0, 0.1) is 5.92 Å². The van der Waals surface area contributed by atoms with E-state index in [1.54, 1.807) is 12.1 Å². The summed E-state index contributed by atoms with van der Waals surface area (Å²) in [5.41, 5.74) is 13.3. The predicted octanol–water partition coefficient (Wildman–Crippen LogP) is 1.23. The molecule has 0 saturated carbocycles. The van der Waals surface area contributed by atoms with Gasteiger partial charge in [-0.2, -0.15) is 0 Å². The summed E-state index contributed by atoms with van der Waals surface area (Å²) < 4.78 is 5.37. The lowest BCUT2D eigenvalue weighted by atomic mass is 9.99. The highest BCUT2D eigenvalue weighted by Gasteiger charge is 2.16. The van der Waals surface area contributed by atoms with E-state index in [2.05, 4.69) is 11.9 Å². The van der Waals surface area contributed by atoms with Gasteiger partial charge < -0.3 is 21.1 Å². The Balaban J connectivity index is 1.93. The molecule has 20 heavy (non-hydrogen) atoms. The molecule has 0 radical (unpaired) electrons. The summed E-state index contributed by atoms with van der Waals surface area (Å²) in [4.78, 5) is 13.4. The van der Waals surface area contributed by atoms with Gasteiger partial charge in [-0.1, -0.05) is 6.07 Å². The largest absolute Gasteiger partial charge is 0.398 e. The highest BCUT2D eigenvalue weighted by Crippen LogP contribution is 2.19. The molecule has 110 valence electrons. The third kappa shape index (κ3) is 3.95. The maximum Gasteiger partial charge on any atom is 0.248 e. The zero-order chi connectivity index (χ0) is 14.5. The molecule has 1 aromatic rings. The van der Waals surface area contributed by atoms with Crippen LogP contribution in [0.1, 0.15) is 28.8 Å². The maximum atomic E-state index is 11.1. The molecule has 1 heterocycles. The van der Waals surface area contributed by atoms with Crippen LogP contribution in [0.25, 0.3) is 0 Å². The van der Waals surface area contributed by atoms with E-state index < -0.39 is 5.91 Å². The van der Waals surface area contributed by atoms with Crippen LogP contribution in [-0.4, -0.2) is 37.6 Å². The monoisotopic (exact) mass is 277 g/mol. The average Bonchev–Trinajstić information content (AvgIpc) is 2.42. The number of rotatable bonds is 5. The van der Waals surface area contributed by atoms with Gasteiger partial charge in [0.25, 0.3) is 0 Å². The van der Waals surface area contributed by atoms with Gasteiger partial charge in [0.05, 0.1) is 0 Å². The number of ether oxygens (including phenoxy) is 1. The molecule has 0 aliphatic carbocycles. The molecule has 2 rings (SSSR count). The molecule has 1 aliphatic rings. The smallest absolute Gasteiger partial charge is 0.248 e. The lowest BCUT2D eigenvalue weighted by Crippen LogP contribution is -2.29. The molecule has 1 amide bonds. The maximum absolute atomic E-state index is 11.1. The highest BCUT2D eigenvalue weighted by atomic mass is 16.5. The lowest BCUT2D eigenvalue weighted by Gasteiger charge is -2.27. The molecule has 0 aromatic heterocycles. The summed E-state index contributed by atoms with van der Waals surface area (Å²) in [5, 5.41) is 0. The van der Waals surface area contributed by atoms with Gasteiger partial charge in [0, 0.05) is 37.6 Å². The van der Waals surface area contributed by atoms with Crippen LogP contribution in [0.2, 0.25) is 0 Å². The van der Waals surface area contributed by atoms with Gasteiger partial charge in [0.1, 0.15) is 0 Å². The third-order valence-electron chi connectivity index (χ3n) is 3.78. The van der Waals surface area contributed by atoms with E-state index in [1.165, 1.54) is 0 Å². The molecular formula is C15H23N3O2.